The van der Waals surface area contributed by atoms with E-state index < -0.39 is 0 Å². The molecular weight excluding hydrogens is 187 g/mol. The van der Waals surface area contributed by atoms with Gasteiger partial charge in [-0.3, -0.25) is 0 Å². The number of rotatable bonds is 0. The molecule has 0 atom stereocenters. The lowest BCUT2D eigenvalue weighted by Gasteiger charge is -1.98. The third-order valence-corrected chi connectivity index (χ3v) is 1.64. The van der Waals surface area contributed by atoms with Crippen molar-refractivity contribution in [2.75, 3.05) is 0 Å². The predicted molar refractivity (Wildman–Crippen MR) is 40.1 cm³/mol. The van der Waals surface area contributed by atoms with E-state index in [1.165, 1.54) is 0 Å². The van der Waals surface area contributed by atoms with Crippen molar-refractivity contribution in [1.82, 2.24) is 0 Å². The summed E-state index contributed by atoms with van der Waals surface area (Å²) in [5.74, 6) is 0. The topological polar surface area (TPSA) is 50.7 Å². The maximum Gasteiger partial charge on any atom is 0.200 e. The number of aromatic nitrogens is 1. The third kappa shape index (κ3) is 1.53. The molecule has 0 N–H and O–H groups in total. The van der Waals surface area contributed by atoms with Crippen LogP contribution >= 0.6 is 23.2 Å². The summed E-state index contributed by atoms with van der Waals surface area (Å²) in [6.07, 6.45) is 2.15. The van der Waals surface area contributed by atoms with E-state index in [9.17, 15) is 5.21 Å². The molecule has 3 nitrogen and oxygen atoms in total. The molecule has 0 radical (unpaired) electrons. The number of nitrogens with zero attached hydrogens (tertiary/aromatic N) is 2. The molecular formula is C6H2Cl2N2O. The van der Waals surface area contributed by atoms with E-state index >= 15 is 0 Å². The van der Waals surface area contributed by atoms with Gasteiger partial charge in [-0.2, -0.15) is 9.99 Å². The van der Waals surface area contributed by atoms with Crippen LogP contribution in [0.4, 0.5) is 0 Å². The molecule has 0 bridgehead atoms. The summed E-state index contributed by atoms with van der Waals surface area (Å²) in [6, 6.07) is 1.77. The normalized spacial score (nSPS) is 9.18. The minimum absolute atomic E-state index is 0.0648. The van der Waals surface area contributed by atoms with Crippen LogP contribution in [0.5, 0.6) is 0 Å². The van der Waals surface area contributed by atoms with Gasteiger partial charge in [0.05, 0.1) is 0 Å². The lowest BCUT2D eigenvalue weighted by Crippen LogP contribution is -2.24. The largest absolute Gasteiger partial charge is 0.619 e. The van der Waals surface area contributed by atoms with E-state index in [1.807, 2.05) is 0 Å². The minimum atomic E-state index is 0.0648. The maximum atomic E-state index is 10.6. The first-order valence-electron chi connectivity index (χ1n) is 2.63. The summed E-state index contributed by atoms with van der Waals surface area (Å²) in [5.41, 5.74) is 0.125. The van der Waals surface area contributed by atoms with Crippen LogP contribution < -0.4 is 4.73 Å². The molecule has 0 saturated heterocycles. The molecule has 1 aromatic rings. The zero-order valence-electron chi connectivity index (χ0n) is 5.21. The van der Waals surface area contributed by atoms with Crippen molar-refractivity contribution < 1.29 is 4.73 Å². The summed E-state index contributed by atoms with van der Waals surface area (Å²) >= 11 is 11.0. The SMILES string of the molecule is N#Cc1c(Cl)c[n+]([O-])cc1Cl. The Hall–Kier alpha value is -0.980. The van der Waals surface area contributed by atoms with Gasteiger partial charge in [-0.15, -0.1) is 0 Å². The van der Waals surface area contributed by atoms with Gasteiger partial charge in [0.15, 0.2) is 12.4 Å². The molecule has 11 heavy (non-hydrogen) atoms. The molecule has 0 aliphatic rings. The second-order valence-corrected chi connectivity index (χ2v) is 2.62. The fourth-order valence-electron chi connectivity index (χ4n) is 0.611. The van der Waals surface area contributed by atoms with Crippen molar-refractivity contribution in [1.29, 1.82) is 5.26 Å². The van der Waals surface area contributed by atoms with Gasteiger partial charge >= 0.3 is 0 Å². The fourth-order valence-corrected chi connectivity index (χ4v) is 1.14. The van der Waals surface area contributed by atoms with Crippen molar-refractivity contribution in [3.63, 3.8) is 0 Å². The Morgan fingerprint density at radius 3 is 2.18 bits per heavy atom. The van der Waals surface area contributed by atoms with Crippen molar-refractivity contribution in [2.24, 2.45) is 0 Å². The van der Waals surface area contributed by atoms with Crippen LogP contribution in [0, 0.1) is 16.5 Å². The Morgan fingerprint density at radius 1 is 1.36 bits per heavy atom. The third-order valence-electron chi connectivity index (χ3n) is 1.07. The van der Waals surface area contributed by atoms with Gasteiger partial charge < -0.3 is 5.21 Å². The molecule has 0 aliphatic carbocycles. The highest BCUT2D eigenvalue weighted by molar-refractivity contribution is 6.36. The quantitative estimate of drug-likeness (QED) is 0.458. The van der Waals surface area contributed by atoms with E-state index in [2.05, 4.69) is 0 Å². The molecule has 0 amide bonds. The van der Waals surface area contributed by atoms with Gasteiger partial charge in [-0.1, -0.05) is 23.2 Å². The fraction of sp³-hybridized carbons (Fsp3) is 0. The molecule has 1 heterocycles. The number of hydrogen-bond acceptors (Lipinski definition) is 2. The molecule has 0 spiro atoms. The van der Waals surface area contributed by atoms with Gasteiger partial charge in [-0.25, -0.2) is 0 Å². The Morgan fingerprint density at radius 2 is 1.82 bits per heavy atom. The Bertz CT molecular complexity index is 309. The Labute approximate surface area is 73.0 Å². The highest BCUT2D eigenvalue weighted by Crippen LogP contribution is 2.20. The summed E-state index contributed by atoms with van der Waals surface area (Å²) in [5, 5.41) is 19.2. The van der Waals surface area contributed by atoms with Crippen LogP contribution in [0.3, 0.4) is 0 Å². The summed E-state index contributed by atoms with van der Waals surface area (Å²) in [7, 11) is 0. The molecule has 0 saturated carbocycles. The predicted octanol–water partition coefficient (Wildman–Crippen LogP) is 1.50. The van der Waals surface area contributed by atoms with Crippen LogP contribution in [0.25, 0.3) is 0 Å². The van der Waals surface area contributed by atoms with Crippen molar-refractivity contribution in [2.45, 2.75) is 0 Å². The molecule has 0 unspecified atom stereocenters. The lowest BCUT2D eigenvalue weighted by atomic mass is 10.3. The summed E-state index contributed by atoms with van der Waals surface area (Å²) in [4.78, 5) is 0. The molecule has 0 aliphatic heterocycles. The number of hydrogen-bond donors (Lipinski definition) is 0. The second-order valence-electron chi connectivity index (χ2n) is 1.80. The first kappa shape index (κ1) is 8.12. The molecule has 0 aromatic carbocycles. The van der Waals surface area contributed by atoms with E-state index in [0.29, 0.717) is 4.73 Å². The van der Waals surface area contributed by atoms with Gasteiger partial charge in [0.25, 0.3) is 0 Å². The van der Waals surface area contributed by atoms with Crippen LogP contribution in [-0.2, 0) is 0 Å². The van der Waals surface area contributed by atoms with E-state index in [1.54, 1.807) is 6.07 Å². The lowest BCUT2D eigenvalue weighted by molar-refractivity contribution is -0.605. The standard InChI is InChI=1S/C6H2Cl2N2O/c7-5-2-10(11)3-6(8)4(5)1-9/h2-3H. The Balaban J connectivity index is 3.40. The van der Waals surface area contributed by atoms with Crippen LogP contribution in [-0.4, -0.2) is 0 Å². The van der Waals surface area contributed by atoms with Crippen LogP contribution in [0.1, 0.15) is 5.56 Å². The van der Waals surface area contributed by atoms with Gasteiger partial charge in [0, 0.05) is 0 Å². The maximum absolute atomic E-state index is 10.6. The molecule has 0 fully saturated rings. The van der Waals surface area contributed by atoms with Crippen molar-refractivity contribution in [3.05, 3.63) is 33.2 Å². The molecule has 1 aromatic heterocycles. The number of halogens is 2. The second kappa shape index (κ2) is 2.95. The van der Waals surface area contributed by atoms with Crippen molar-refractivity contribution in [3.8, 4) is 6.07 Å². The number of pyridine rings is 1. The molecule has 1 rings (SSSR count). The van der Waals surface area contributed by atoms with Gasteiger partial charge in [0.2, 0.25) is 0 Å². The first-order valence-corrected chi connectivity index (χ1v) is 3.38. The van der Waals surface area contributed by atoms with Crippen molar-refractivity contribution >= 4 is 23.2 Å². The summed E-state index contributed by atoms with van der Waals surface area (Å²) < 4.78 is 0.450. The zero-order chi connectivity index (χ0) is 8.43. The molecule has 56 valence electrons. The van der Waals surface area contributed by atoms with Crippen LogP contribution in [0.15, 0.2) is 12.4 Å². The van der Waals surface area contributed by atoms with Gasteiger partial charge in [0.1, 0.15) is 21.7 Å². The van der Waals surface area contributed by atoms with E-state index in [4.69, 9.17) is 28.5 Å². The van der Waals surface area contributed by atoms with E-state index in [-0.39, 0.29) is 15.6 Å². The number of nitriles is 1. The molecule has 5 heteroatoms. The average Bonchev–Trinajstić information content (AvgIpc) is 1.85. The Kier molecular flexibility index (Phi) is 2.18. The van der Waals surface area contributed by atoms with Gasteiger partial charge in [-0.05, 0) is 0 Å². The average molecular weight is 189 g/mol. The highest BCUT2D eigenvalue weighted by Gasteiger charge is 2.09. The monoisotopic (exact) mass is 188 g/mol. The summed E-state index contributed by atoms with van der Waals surface area (Å²) in [6.45, 7) is 0. The zero-order valence-corrected chi connectivity index (χ0v) is 6.73. The first-order chi connectivity index (χ1) is 5.15. The van der Waals surface area contributed by atoms with Crippen LogP contribution in [0.2, 0.25) is 10.0 Å². The smallest absolute Gasteiger partial charge is 0.200 e. The van der Waals surface area contributed by atoms with E-state index in [0.717, 1.165) is 12.4 Å². The highest BCUT2D eigenvalue weighted by atomic mass is 35.5. The minimum Gasteiger partial charge on any atom is -0.619 e.